The van der Waals surface area contributed by atoms with Crippen LogP contribution in [0.25, 0.3) is 0 Å². The first kappa shape index (κ1) is 10.7. The van der Waals surface area contributed by atoms with Gasteiger partial charge in [-0.15, -0.1) is 0 Å². The van der Waals surface area contributed by atoms with Gasteiger partial charge >= 0.3 is 0 Å². The maximum atomic E-state index is 9.43. The van der Waals surface area contributed by atoms with Gasteiger partial charge in [0.25, 0.3) is 0 Å². The van der Waals surface area contributed by atoms with Gasteiger partial charge in [0.05, 0.1) is 11.6 Å². The van der Waals surface area contributed by atoms with Crippen molar-refractivity contribution in [1.82, 2.24) is 0 Å². The molecule has 3 rings (SSSR count). The molecule has 0 spiro atoms. The highest BCUT2D eigenvalue weighted by Crippen LogP contribution is 2.39. The number of oxime groups is 1. The van der Waals surface area contributed by atoms with Gasteiger partial charge in [0.15, 0.2) is 6.10 Å². The summed E-state index contributed by atoms with van der Waals surface area (Å²) in [7, 11) is 0. The Hall–Kier alpha value is -1.39. The summed E-state index contributed by atoms with van der Waals surface area (Å²) in [6.45, 7) is 0.143. The summed E-state index contributed by atoms with van der Waals surface area (Å²) in [4.78, 5) is 5.44. The lowest BCUT2D eigenvalue weighted by Crippen LogP contribution is -2.33. The predicted molar refractivity (Wildman–Crippen MR) is 64.5 cm³/mol. The smallest absolute Gasteiger partial charge is 0.151 e. The Kier molecular flexibility index (Phi) is 2.61. The Labute approximate surface area is 100 Å². The molecular weight excluding hydrogens is 216 g/mol. The third-order valence-electron chi connectivity index (χ3n) is 3.75. The molecule has 1 aromatic carbocycles. The molecule has 0 unspecified atom stereocenters. The first-order chi connectivity index (χ1) is 8.31. The quantitative estimate of drug-likeness (QED) is 0.790. The third-order valence-corrected chi connectivity index (χ3v) is 3.75. The third kappa shape index (κ3) is 1.64. The van der Waals surface area contributed by atoms with Crippen LogP contribution in [0.15, 0.2) is 35.5 Å². The molecule has 1 fully saturated rings. The molecular formula is C13H16N2O2. The Bertz CT molecular complexity index is 432. The van der Waals surface area contributed by atoms with Crippen molar-refractivity contribution in [2.45, 2.75) is 18.6 Å². The molecule has 1 aliphatic carbocycles. The molecule has 0 saturated heterocycles. The van der Waals surface area contributed by atoms with Gasteiger partial charge in [-0.05, 0) is 17.9 Å². The minimum atomic E-state index is -0.0673. The molecule has 17 heavy (non-hydrogen) atoms. The summed E-state index contributed by atoms with van der Waals surface area (Å²) in [5.74, 6) is 0.300. The van der Waals surface area contributed by atoms with Gasteiger partial charge in [0.2, 0.25) is 0 Å². The molecule has 1 aromatic rings. The minimum absolute atomic E-state index is 0.0258. The van der Waals surface area contributed by atoms with Gasteiger partial charge < -0.3 is 15.7 Å². The second kappa shape index (κ2) is 4.13. The fourth-order valence-corrected chi connectivity index (χ4v) is 2.91. The second-order valence-corrected chi connectivity index (χ2v) is 4.78. The summed E-state index contributed by atoms with van der Waals surface area (Å²) in [6.07, 6.45) is 0.736. The van der Waals surface area contributed by atoms with E-state index in [0.717, 1.165) is 17.7 Å². The van der Waals surface area contributed by atoms with E-state index in [1.165, 1.54) is 0 Å². The van der Waals surface area contributed by atoms with Crippen molar-refractivity contribution in [1.29, 1.82) is 0 Å². The van der Waals surface area contributed by atoms with E-state index in [1.54, 1.807) is 0 Å². The van der Waals surface area contributed by atoms with Crippen molar-refractivity contribution in [3.05, 3.63) is 35.9 Å². The molecule has 1 aliphatic heterocycles. The van der Waals surface area contributed by atoms with E-state index in [4.69, 9.17) is 10.6 Å². The van der Waals surface area contributed by atoms with Gasteiger partial charge in [-0.25, -0.2) is 0 Å². The number of aliphatic hydroxyl groups is 1. The molecule has 1 saturated carbocycles. The largest absolute Gasteiger partial charge is 0.396 e. The molecule has 0 aromatic heterocycles. The van der Waals surface area contributed by atoms with Crippen LogP contribution >= 0.6 is 0 Å². The zero-order valence-corrected chi connectivity index (χ0v) is 9.49. The first-order valence-electron chi connectivity index (χ1n) is 5.97. The maximum Gasteiger partial charge on any atom is 0.151 e. The van der Waals surface area contributed by atoms with Gasteiger partial charge in [0.1, 0.15) is 0 Å². The van der Waals surface area contributed by atoms with Crippen molar-refractivity contribution >= 4 is 5.71 Å². The van der Waals surface area contributed by atoms with Gasteiger partial charge in [-0.1, -0.05) is 35.5 Å². The Balaban J connectivity index is 1.93. The summed E-state index contributed by atoms with van der Waals surface area (Å²) in [5, 5.41) is 13.6. The molecule has 0 bridgehead atoms. The van der Waals surface area contributed by atoms with E-state index < -0.39 is 0 Å². The van der Waals surface area contributed by atoms with Crippen molar-refractivity contribution in [3.8, 4) is 0 Å². The average molecular weight is 232 g/mol. The number of hydrogen-bond donors (Lipinski definition) is 2. The number of fused-ring (bicyclic) bond motifs is 1. The Morgan fingerprint density at radius 3 is 2.82 bits per heavy atom. The highest BCUT2D eigenvalue weighted by molar-refractivity contribution is 6.03. The predicted octanol–water partition coefficient (Wildman–Crippen LogP) is 0.745. The van der Waals surface area contributed by atoms with Crippen LogP contribution in [0.2, 0.25) is 0 Å². The van der Waals surface area contributed by atoms with Gasteiger partial charge in [-0.2, -0.15) is 0 Å². The average Bonchev–Trinajstić information content (AvgIpc) is 2.92. The van der Waals surface area contributed by atoms with E-state index in [9.17, 15) is 5.11 Å². The molecule has 3 N–H and O–H groups in total. The molecule has 4 atom stereocenters. The van der Waals surface area contributed by atoms with E-state index >= 15 is 0 Å². The van der Waals surface area contributed by atoms with Crippen LogP contribution in [0.4, 0.5) is 0 Å². The zero-order chi connectivity index (χ0) is 11.8. The van der Waals surface area contributed by atoms with Crippen molar-refractivity contribution in [2.75, 3.05) is 6.61 Å². The molecule has 4 nitrogen and oxygen atoms in total. The summed E-state index contributed by atoms with van der Waals surface area (Å²) in [6, 6.07) is 9.94. The zero-order valence-electron chi connectivity index (χ0n) is 9.49. The van der Waals surface area contributed by atoms with Crippen LogP contribution in [0, 0.1) is 11.8 Å². The fourth-order valence-electron chi connectivity index (χ4n) is 2.91. The van der Waals surface area contributed by atoms with E-state index in [0.29, 0.717) is 0 Å². The number of nitrogens with two attached hydrogens (primary N) is 1. The minimum Gasteiger partial charge on any atom is -0.396 e. The highest BCUT2D eigenvalue weighted by Gasteiger charge is 2.49. The van der Waals surface area contributed by atoms with E-state index in [1.807, 2.05) is 30.3 Å². The molecule has 2 aliphatic rings. The van der Waals surface area contributed by atoms with Crippen molar-refractivity contribution in [3.63, 3.8) is 0 Å². The number of benzene rings is 1. The lowest BCUT2D eigenvalue weighted by molar-refractivity contribution is 0.0576. The van der Waals surface area contributed by atoms with Crippen LogP contribution in [-0.2, 0) is 4.84 Å². The molecule has 0 amide bonds. The fraction of sp³-hybridized carbons (Fsp3) is 0.462. The number of hydrogen-bond acceptors (Lipinski definition) is 4. The number of rotatable bonds is 2. The monoisotopic (exact) mass is 232 g/mol. The van der Waals surface area contributed by atoms with Gasteiger partial charge in [0, 0.05) is 12.6 Å². The van der Waals surface area contributed by atoms with Crippen molar-refractivity contribution in [2.24, 2.45) is 22.7 Å². The lowest BCUT2D eigenvalue weighted by Gasteiger charge is -2.16. The summed E-state index contributed by atoms with van der Waals surface area (Å²) >= 11 is 0. The second-order valence-electron chi connectivity index (χ2n) is 4.78. The van der Waals surface area contributed by atoms with Crippen LogP contribution < -0.4 is 5.73 Å². The Morgan fingerprint density at radius 1 is 1.35 bits per heavy atom. The molecule has 4 heteroatoms. The van der Waals surface area contributed by atoms with E-state index in [-0.39, 0.29) is 30.6 Å². The SMILES string of the molecule is N[C@@H]1C[C@H](CO)[C@@H]2C(c3ccccc3)=NO[C@@H]21. The first-order valence-corrected chi connectivity index (χ1v) is 5.97. The molecule has 0 radical (unpaired) electrons. The summed E-state index contributed by atoms with van der Waals surface area (Å²) < 4.78 is 0. The standard InChI is InChI=1S/C13H16N2O2/c14-10-6-9(7-16)11-12(15-17-13(10)11)8-4-2-1-3-5-8/h1-5,9-11,13,16H,6-7,14H2/t9-,10-,11-,13-/m1/s1. The van der Waals surface area contributed by atoms with Crippen LogP contribution in [-0.4, -0.2) is 29.6 Å². The van der Waals surface area contributed by atoms with Gasteiger partial charge in [-0.3, -0.25) is 0 Å². The molecule has 90 valence electrons. The molecule has 1 heterocycles. The number of aliphatic hydroxyl groups excluding tert-OH is 1. The summed E-state index contributed by atoms with van der Waals surface area (Å²) in [5.41, 5.74) is 8.01. The normalized spacial score (nSPS) is 35.3. The van der Waals surface area contributed by atoms with Crippen LogP contribution in [0.5, 0.6) is 0 Å². The highest BCUT2D eigenvalue weighted by atomic mass is 16.6. The van der Waals surface area contributed by atoms with Crippen LogP contribution in [0.3, 0.4) is 0 Å². The number of nitrogens with zero attached hydrogens (tertiary/aromatic N) is 1. The van der Waals surface area contributed by atoms with Crippen LogP contribution in [0.1, 0.15) is 12.0 Å². The van der Waals surface area contributed by atoms with Crippen molar-refractivity contribution < 1.29 is 9.94 Å². The topological polar surface area (TPSA) is 67.8 Å². The maximum absolute atomic E-state index is 9.43. The lowest BCUT2D eigenvalue weighted by atomic mass is 9.87. The Morgan fingerprint density at radius 2 is 2.12 bits per heavy atom. The van der Waals surface area contributed by atoms with E-state index in [2.05, 4.69) is 5.16 Å².